The van der Waals surface area contributed by atoms with E-state index in [0.717, 1.165) is 49.0 Å². The Morgan fingerprint density at radius 3 is 2.83 bits per heavy atom. The van der Waals surface area contributed by atoms with Crippen molar-refractivity contribution in [3.8, 4) is 11.5 Å². The first kappa shape index (κ1) is 24.7. The van der Waals surface area contributed by atoms with E-state index in [2.05, 4.69) is 15.6 Å². The van der Waals surface area contributed by atoms with Crippen LogP contribution < -0.4 is 20.1 Å². The van der Waals surface area contributed by atoms with Gasteiger partial charge in [0.1, 0.15) is 5.82 Å². The number of fused-ring (bicyclic) bond motifs is 1. The fourth-order valence-corrected chi connectivity index (χ4v) is 4.70. The minimum Gasteiger partial charge on any atom is -0.493 e. The van der Waals surface area contributed by atoms with E-state index in [1.54, 1.807) is 37.4 Å². The Labute approximate surface area is 206 Å². The molecule has 0 atom stereocenters. The first-order valence-electron chi connectivity index (χ1n) is 12.2. The van der Waals surface area contributed by atoms with Crippen LogP contribution in [0.25, 0.3) is 6.08 Å². The van der Waals surface area contributed by atoms with E-state index in [9.17, 15) is 9.59 Å². The Hall–Kier alpha value is -3.39. The van der Waals surface area contributed by atoms with Gasteiger partial charge in [0.2, 0.25) is 11.8 Å². The maximum absolute atomic E-state index is 12.9. The van der Waals surface area contributed by atoms with Crippen molar-refractivity contribution in [1.82, 2.24) is 15.2 Å². The largest absolute Gasteiger partial charge is 0.493 e. The monoisotopic (exact) mass is 478 g/mol. The molecule has 2 aliphatic rings. The molecule has 0 aliphatic carbocycles. The van der Waals surface area contributed by atoms with E-state index in [-0.39, 0.29) is 17.2 Å². The quantitative estimate of drug-likeness (QED) is 0.565. The summed E-state index contributed by atoms with van der Waals surface area (Å²) in [7, 11) is 3.37. The highest BCUT2D eigenvalue weighted by Crippen LogP contribution is 2.39. The van der Waals surface area contributed by atoms with E-state index in [1.807, 2.05) is 31.2 Å². The normalized spacial score (nSPS) is 16.6. The molecular weight excluding hydrogens is 444 g/mol. The Morgan fingerprint density at radius 2 is 2.09 bits per heavy atom. The predicted molar refractivity (Wildman–Crippen MR) is 135 cm³/mol. The van der Waals surface area contributed by atoms with Crippen LogP contribution in [0.5, 0.6) is 11.5 Å². The molecule has 1 aromatic heterocycles. The zero-order chi connectivity index (χ0) is 24.8. The molecule has 1 aromatic carbocycles. The molecule has 0 bridgehead atoms. The van der Waals surface area contributed by atoms with Gasteiger partial charge >= 0.3 is 0 Å². The van der Waals surface area contributed by atoms with Crippen LogP contribution >= 0.6 is 0 Å². The number of piperidine rings is 1. The van der Waals surface area contributed by atoms with Gasteiger partial charge in [-0.3, -0.25) is 9.59 Å². The summed E-state index contributed by atoms with van der Waals surface area (Å²) in [6.45, 7) is 4.70. The highest BCUT2D eigenvalue weighted by Gasteiger charge is 2.43. The molecule has 2 amide bonds. The van der Waals surface area contributed by atoms with Gasteiger partial charge in [0, 0.05) is 31.4 Å². The SMILES string of the molecule is CCCOc1c(CN(C)C(=O)/C=C/c2cnc3c(c2)CC2(CCNCC2)C(=O)N3)cccc1OC. The lowest BCUT2D eigenvalue weighted by molar-refractivity contribution is -0.127. The number of likely N-dealkylation sites (N-methyl/N-ethyl adjacent to an activating group) is 1. The Bertz CT molecular complexity index is 1110. The zero-order valence-corrected chi connectivity index (χ0v) is 20.7. The molecule has 1 fully saturated rings. The molecule has 2 aliphatic heterocycles. The van der Waals surface area contributed by atoms with Crippen LogP contribution in [0.1, 0.15) is 42.9 Å². The minimum absolute atomic E-state index is 0.0684. The van der Waals surface area contributed by atoms with Gasteiger partial charge < -0.3 is 25.0 Å². The third-order valence-electron chi connectivity index (χ3n) is 6.72. The molecule has 8 heteroatoms. The van der Waals surface area contributed by atoms with E-state index in [1.165, 1.54) is 0 Å². The smallest absolute Gasteiger partial charge is 0.246 e. The maximum atomic E-state index is 12.9. The number of pyridine rings is 1. The lowest BCUT2D eigenvalue weighted by atomic mass is 9.71. The van der Waals surface area contributed by atoms with Gasteiger partial charge in [-0.1, -0.05) is 19.1 Å². The third-order valence-corrected chi connectivity index (χ3v) is 6.72. The average molecular weight is 479 g/mol. The summed E-state index contributed by atoms with van der Waals surface area (Å²) in [5.41, 5.74) is 2.37. The molecule has 1 spiro atoms. The summed E-state index contributed by atoms with van der Waals surface area (Å²) >= 11 is 0. The number of rotatable bonds is 8. The van der Waals surface area contributed by atoms with Crippen molar-refractivity contribution in [3.05, 3.63) is 53.2 Å². The van der Waals surface area contributed by atoms with Crippen molar-refractivity contribution in [1.29, 1.82) is 0 Å². The molecule has 2 aromatic rings. The number of aromatic nitrogens is 1. The Balaban J connectivity index is 1.45. The fourth-order valence-electron chi connectivity index (χ4n) is 4.70. The summed E-state index contributed by atoms with van der Waals surface area (Å²) in [5, 5.41) is 6.32. The number of para-hydroxylation sites is 1. The van der Waals surface area contributed by atoms with Crippen molar-refractivity contribution in [2.75, 3.05) is 39.2 Å². The van der Waals surface area contributed by atoms with Crippen molar-refractivity contribution < 1.29 is 19.1 Å². The highest BCUT2D eigenvalue weighted by atomic mass is 16.5. The van der Waals surface area contributed by atoms with Crippen LogP contribution in [-0.4, -0.2) is 55.6 Å². The molecule has 4 rings (SSSR count). The molecule has 0 saturated carbocycles. The summed E-state index contributed by atoms with van der Waals surface area (Å²) < 4.78 is 11.3. The molecule has 186 valence electrons. The first-order chi connectivity index (χ1) is 17.0. The number of carbonyl (C=O) groups excluding carboxylic acids is 2. The first-order valence-corrected chi connectivity index (χ1v) is 12.2. The van der Waals surface area contributed by atoms with Gasteiger partial charge in [0.05, 0.1) is 19.1 Å². The third kappa shape index (κ3) is 5.48. The fraction of sp³-hybridized carbons (Fsp3) is 0.444. The number of ether oxygens (including phenoxy) is 2. The summed E-state index contributed by atoms with van der Waals surface area (Å²) in [6, 6.07) is 7.72. The Morgan fingerprint density at radius 1 is 1.29 bits per heavy atom. The van der Waals surface area contributed by atoms with Crippen molar-refractivity contribution >= 4 is 23.7 Å². The number of nitrogens with one attached hydrogen (secondary N) is 2. The number of amides is 2. The molecule has 0 unspecified atom stereocenters. The second kappa shape index (κ2) is 10.9. The van der Waals surface area contributed by atoms with Gasteiger partial charge in [-0.05, 0) is 68.1 Å². The topological polar surface area (TPSA) is 92.8 Å². The second-order valence-corrected chi connectivity index (χ2v) is 9.26. The van der Waals surface area contributed by atoms with Crippen LogP contribution in [0.15, 0.2) is 36.5 Å². The average Bonchev–Trinajstić information content (AvgIpc) is 2.87. The maximum Gasteiger partial charge on any atom is 0.246 e. The van der Waals surface area contributed by atoms with Crippen molar-refractivity contribution in [2.45, 2.75) is 39.2 Å². The van der Waals surface area contributed by atoms with Crippen LogP contribution in [0, 0.1) is 5.41 Å². The van der Waals surface area contributed by atoms with Crippen LogP contribution in [0.2, 0.25) is 0 Å². The predicted octanol–water partition coefficient (Wildman–Crippen LogP) is 3.42. The van der Waals surface area contributed by atoms with Crippen LogP contribution in [0.3, 0.4) is 0 Å². The summed E-state index contributed by atoms with van der Waals surface area (Å²) in [6.07, 6.45) is 8.20. The van der Waals surface area contributed by atoms with Gasteiger partial charge in [0.15, 0.2) is 11.5 Å². The molecule has 3 heterocycles. The summed E-state index contributed by atoms with van der Waals surface area (Å²) in [5.74, 6) is 1.89. The molecular formula is C27H34N4O4. The van der Waals surface area contributed by atoms with Crippen LogP contribution in [-0.2, 0) is 22.6 Å². The number of carbonyl (C=O) groups is 2. The zero-order valence-electron chi connectivity index (χ0n) is 20.7. The molecule has 1 saturated heterocycles. The number of hydrogen-bond acceptors (Lipinski definition) is 6. The molecule has 0 radical (unpaired) electrons. The van der Waals surface area contributed by atoms with Crippen LogP contribution in [0.4, 0.5) is 5.82 Å². The Kier molecular flexibility index (Phi) is 7.70. The number of methoxy groups -OCH3 is 1. The lowest BCUT2D eigenvalue weighted by Crippen LogP contribution is -2.48. The van der Waals surface area contributed by atoms with Crippen molar-refractivity contribution in [3.63, 3.8) is 0 Å². The number of nitrogens with zero attached hydrogens (tertiary/aromatic N) is 2. The second-order valence-electron chi connectivity index (χ2n) is 9.26. The lowest BCUT2D eigenvalue weighted by Gasteiger charge is -2.39. The van der Waals surface area contributed by atoms with Gasteiger partial charge in [0.25, 0.3) is 0 Å². The number of hydrogen-bond donors (Lipinski definition) is 2. The van der Waals surface area contributed by atoms with E-state index >= 15 is 0 Å². The standard InChI is InChI=1S/C27H34N4O4/c1-4-14-35-24-20(6-5-7-22(24)34-3)18-31(2)23(32)9-8-19-15-21-16-27(10-12-28-13-11-27)26(33)30-25(21)29-17-19/h5-9,15,17,28H,4,10-14,16,18H2,1-3H3,(H,29,30,33)/b9-8+. The van der Waals surface area contributed by atoms with Gasteiger partial charge in [-0.25, -0.2) is 4.98 Å². The van der Waals surface area contributed by atoms with E-state index in [0.29, 0.717) is 36.9 Å². The number of anilines is 1. The molecule has 2 N–H and O–H groups in total. The summed E-state index contributed by atoms with van der Waals surface area (Å²) in [4.78, 5) is 31.7. The number of benzene rings is 1. The van der Waals surface area contributed by atoms with E-state index < -0.39 is 0 Å². The van der Waals surface area contributed by atoms with Crippen molar-refractivity contribution in [2.24, 2.45) is 5.41 Å². The highest BCUT2D eigenvalue weighted by molar-refractivity contribution is 5.98. The molecule has 8 nitrogen and oxygen atoms in total. The molecule has 35 heavy (non-hydrogen) atoms. The van der Waals surface area contributed by atoms with E-state index in [4.69, 9.17) is 9.47 Å². The van der Waals surface area contributed by atoms with Gasteiger partial charge in [-0.15, -0.1) is 0 Å². The minimum atomic E-state index is -0.368. The van der Waals surface area contributed by atoms with Gasteiger partial charge in [-0.2, -0.15) is 0 Å².